The molecule has 0 unspecified atom stereocenters. The van der Waals surface area contributed by atoms with Crippen molar-refractivity contribution in [1.29, 1.82) is 0 Å². The minimum atomic E-state index is -0.631. The van der Waals surface area contributed by atoms with Crippen LogP contribution in [0, 0.1) is 17.0 Å². The van der Waals surface area contributed by atoms with Gasteiger partial charge < -0.3 is 16.3 Å². The molecule has 0 saturated heterocycles. The van der Waals surface area contributed by atoms with Gasteiger partial charge in [-0.15, -0.1) is 0 Å². The molecule has 18 heavy (non-hydrogen) atoms. The Morgan fingerprint density at radius 1 is 1.33 bits per heavy atom. The molecule has 0 fully saturated rings. The maximum absolute atomic E-state index is 12.9. The molecule has 1 rings (SSSR count). The molecular formula is C12H17F2N3O. The van der Waals surface area contributed by atoms with Gasteiger partial charge in [0.1, 0.15) is 17.5 Å². The minimum Gasteiger partial charge on any atom is -0.409 e. The first-order valence-corrected chi connectivity index (χ1v) is 5.53. The molecule has 0 aromatic heterocycles. The van der Waals surface area contributed by atoms with E-state index < -0.39 is 17.0 Å². The van der Waals surface area contributed by atoms with Gasteiger partial charge in [-0.3, -0.25) is 0 Å². The van der Waals surface area contributed by atoms with E-state index in [0.717, 1.165) is 6.07 Å². The Hall–Kier alpha value is -1.85. The first-order valence-electron chi connectivity index (χ1n) is 5.53. The third-order valence-corrected chi connectivity index (χ3v) is 2.74. The molecule has 0 aliphatic rings. The Labute approximate surface area is 104 Å². The molecule has 1 aromatic rings. The van der Waals surface area contributed by atoms with E-state index in [-0.39, 0.29) is 5.84 Å². The number of benzene rings is 1. The second-order valence-electron chi connectivity index (χ2n) is 4.70. The Balaban J connectivity index is 2.56. The fourth-order valence-corrected chi connectivity index (χ4v) is 1.44. The highest BCUT2D eigenvalue weighted by molar-refractivity contribution is 5.85. The molecule has 0 bridgehead atoms. The number of amidine groups is 1. The maximum Gasteiger partial charge on any atom is 0.144 e. The van der Waals surface area contributed by atoms with Crippen molar-refractivity contribution in [3.8, 4) is 0 Å². The van der Waals surface area contributed by atoms with Gasteiger partial charge in [0.15, 0.2) is 0 Å². The van der Waals surface area contributed by atoms with Gasteiger partial charge >= 0.3 is 0 Å². The lowest BCUT2D eigenvalue weighted by atomic mass is 9.88. The molecule has 0 heterocycles. The van der Waals surface area contributed by atoms with Gasteiger partial charge in [0, 0.05) is 23.7 Å². The number of nitrogens with one attached hydrogen (secondary N) is 1. The van der Waals surface area contributed by atoms with Crippen molar-refractivity contribution in [3.63, 3.8) is 0 Å². The molecule has 0 radical (unpaired) electrons. The molecule has 100 valence electrons. The van der Waals surface area contributed by atoms with E-state index >= 15 is 0 Å². The zero-order valence-electron chi connectivity index (χ0n) is 10.4. The zero-order chi connectivity index (χ0) is 13.8. The number of halogens is 2. The molecule has 0 aliphatic heterocycles. The summed E-state index contributed by atoms with van der Waals surface area (Å²) in [6.45, 7) is 4.08. The quantitative estimate of drug-likeness (QED) is 0.328. The lowest BCUT2D eigenvalue weighted by Gasteiger charge is -2.23. The van der Waals surface area contributed by atoms with Crippen LogP contribution < -0.4 is 11.1 Å². The normalized spacial score (nSPS) is 12.6. The summed E-state index contributed by atoms with van der Waals surface area (Å²) in [5.74, 6) is -1.14. The van der Waals surface area contributed by atoms with E-state index in [1.54, 1.807) is 0 Å². The van der Waals surface area contributed by atoms with Crippen molar-refractivity contribution in [2.75, 3.05) is 11.9 Å². The summed E-state index contributed by atoms with van der Waals surface area (Å²) >= 11 is 0. The van der Waals surface area contributed by atoms with Crippen molar-refractivity contribution in [2.45, 2.75) is 20.3 Å². The number of nitrogens with zero attached hydrogens (tertiary/aromatic N) is 1. The first kappa shape index (κ1) is 14.2. The summed E-state index contributed by atoms with van der Waals surface area (Å²) in [4.78, 5) is 0. The summed E-state index contributed by atoms with van der Waals surface area (Å²) < 4.78 is 25.8. The predicted molar refractivity (Wildman–Crippen MR) is 66.7 cm³/mol. The lowest BCUT2D eigenvalue weighted by molar-refractivity contribution is 0.306. The average Bonchev–Trinajstić information content (AvgIpc) is 2.26. The smallest absolute Gasteiger partial charge is 0.144 e. The van der Waals surface area contributed by atoms with Gasteiger partial charge in [0.2, 0.25) is 0 Å². The van der Waals surface area contributed by atoms with Crippen LogP contribution in [-0.4, -0.2) is 17.6 Å². The highest BCUT2D eigenvalue weighted by atomic mass is 19.1. The van der Waals surface area contributed by atoms with Gasteiger partial charge in [-0.05, 0) is 18.6 Å². The second-order valence-corrected chi connectivity index (χ2v) is 4.70. The molecule has 4 N–H and O–H groups in total. The third-order valence-electron chi connectivity index (χ3n) is 2.74. The van der Waals surface area contributed by atoms with Crippen LogP contribution in [0.5, 0.6) is 0 Å². The van der Waals surface area contributed by atoms with Crippen LogP contribution in [0.25, 0.3) is 0 Å². The zero-order valence-corrected chi connectivity index (χ0v) is 10.4. The van der Waals surface area contributed by atoms with Gasteiger partial charge in [-0.1, -0.05) is 19.0 Å². The van der Waals surface area contributed by atoms with Crippen molar-refractivity contribution in [2.24, 2.45) is 16.3 Å². The van der Waals surface area contributed by atoms with E-state index in [4.69, 9.17) is 10.9 Å². The van der Waals surface area contributed by atoms with Crippen LogP contribution in [0.2, 0.25) is 0 Å². The summed E-state index contributed by atoms with van der Waals surface area (Å²) in [5, 5.41) is 14.5. The van der Waals surface area contributed by atoms with Crippen LogP contribution in [-0.2, 0) is 0 Å². The van der Waals surface area contributed by atoms with E-state index in [0.29, 0.717) is 18.7 Å². The van der Waals surface area contributed by atoms with Crippen molar-refractivity contribution in [3.05, 3.63) is 29.8 Å². The number of hydrogen-bond acceptors (Lipinski definition) is 3. The fraction of sp³-hybridized carbons (Fsp3) is 0.417. The van der Waals surface area contributed by atoms with E-state index in [2.05, 4.69) is 10.5 Å². The number of hydrogen-bond donors (Lipinski definition) is 3. The van der Waals surface area contributed by atoms with Crippen molar-refractivity contribution >= 4 is 11.5 Å². The van der Waals surface area contributed by atoms with Gasteiger partial charge in [0.05, 0.1) is 0 Å². The molecule has 4 nitrogen and oxygen atoms in total. The maximum atomic E-state index is 12.9. The SMILES string of the molecule is CC(C)(CCNc1cc(F)cc(F)c1)C(N)=NO. The summed E-state index contributed by atoms with van der Waals surface area (Å²) in [5.41, 5.74) is 5.40. The average molecular weight is 257 g/mol. The fourth-order valence-electron chi connectivity index (χ4n) is 1.44. The molecule has 0 spiro atoms. The Morgan fingerprint density at radius 3 is 2.39 bits per heavy atom. The van der Waals surface area contributed by atoms with Gasteiger partial charge in [-0.2, -0.15) is 0 Å². The van der Waals surface area contributed by atoms with Crippen LogP contribution in [0.15, 0.2) is 23.4 Å². The summed E-state index contributed by atoms with van der Waals surface area (Å²) in [7, 11) is 0. The van der Waals surface area contributed by atoms with Crippen LogP contribution in [0.4, 0.5) is 14.5 Å². The number of nitrogens with two attached hydrogens (primary N) is 1. The third kappa shape index (κ3) is 3.87. The van der Waals surface area contributed by atoms with Crippen LogP contribution >= 0.6 is 0 Å². The Bertz CT molecular complexity index is 427. The standard InChI is InChI=1S/C12H17F2N3O/c1-12(2,11(15)17-18)3-4-16-10-6-8(13)5-9(14)7-10/h5-7,16,18H,3-4H2,1-2H3,(H2,15,17). The lowest BCUT2D eigenvalue weighted by Crippen LogP contribution is -2.33. The molecule has 0 saturated carbocycles. The molecule has 1 aromatic carbocycles. The predicted octanol–water partition coefficient (Wildman–Crippen LogP) is 2.54. The van der Waals surface area contributed by atoms with Crippen LogP contribution in [0.1, 0.15) is 20.3 Å². The van der Waals surface area contributed by atoms with E-state index in [1.807, 2.05) is 13.8 Å². The van der Waals surface area contributed by atoms with Crippen molar-refractivity contribution < 1.29 is 14.0 Å². The summed E-state index contributed by atoms with van der Waals surface area (Å²) in [6, 6.07) is 3.23. The molecular weight excluding hydrogens is 240 g/mol. The number of anilines is 1. The van der Waals surface area contributed by atoms with Crippen molar-refractivity contribution in [1.82, 2.24) is 0 Å². The van der Waals surface area contributed by atoms with Gasteiger partial charge in [0.25, 0.3) is 0 Å². The minimum absolute atomic E-state index is 0.120. The highest BCUT2D eigenvalue weighted by Crippen LogP contribution is 2.21. The Kier molecular flexibility index (Phi) is 4.47. The number of oxime groups is 1. The highest BCUT2D eigenvalue weighted by Gasteiger charge is 2.22. The van der Waals surface area contributed by atoms with Crippen LogP contribution in [0.3, 0.4) is 0 Å². The molecule has 0 atom stereocenters. The molecule has 6 heteroatoms. The van der Waals surface area contributed by atoms with Gasteiger partial charge in [-0.25, -0.2) is 8.78 Å². The van der Waals surface area contributed by atoms with E-state index in [9.17, 15) is 8.78 Å². The molecule has 0 amide bonds. The Morgan fingerprint density at radius 2 is 1.89 bits per heavy atom. The monoisotopic (exact) mass is 257 g/mol. The first-order chi connectivity index (χ1) is 8.35. The molecule has 0 aliphatic carbocycles. The van der Waals surface area contributed by atoms with E-state index in [1.165, 1.54) is 12.1 Å². The number of rotatable bonds is 5. The second kappa shape index (κ2) is 5.66. The largest absolute Gasteiger partial charge is 0.409 e. The topological polar surface area (TPSA) is 70.6 Å². The summed E-state index contributed by atoms with van der Waals surface area (Å²) in [6.07, 6.45) is 0.557.